The van der Waals surface area contributed by atoms with Crippen LogP contribution < -0.4 is 15.4 Å². The quantitative estimate of drug-likeness (QED) is 0.677. The van der Waals surface area contributed by atoms with Gasteiger partial charge in [-0.2, -0.15) is 0 Å². The number of methoxy groups -OCH3 is 1. The number of aromatic nitrogens is 1. The standard InChI is InChI=1S/C20H19N3O3S/c1-13(24)21-15-4-3-5-16(11-15)22-20(25)18-12-27-19(23-18)10-14-6-8-17(26-2)9-7-14/h3-9,11-12H,10H2,1-2H3,(H,21,24)(H,22,25). The maximum absolute atomic E-state index is 12.4. The number of rotatable bonds is 6. The van der Waals surface area contributed by atoms with Crippen molar-refractivity contribution in [1.29, 1.82) is 0 Å². The lowest BCUT2D eigenvalue weighted by Gasteiger charge is -2.06. The predicted molar refractivity (Wildman–Crippen MR) is 107 cm³/mol. The van der Waals surface area contributed by atoms with E-state index in [0.717, 1.165) is 16.3 Å². The highest BCUT2D eigenvalue weighted by atomic mass is 32.1. The van der Waals surface area contributed by atoms with Gasteiger partial charge in [-0.3, -0.25) is 9.59 Å². The summed E-state index contributed by atoms with van der Waals surface area (Å²) in [5.41, 5.74) is 2.68. The van der Waals surface area contributed by atoms with E-state index in [2.05, 4.69) is 15.6 Å². The monoisotopic (exact) mass is 381 g/mol. The van der Waals surface area contributed by atoms with Crippen LogP contribution in [0.5, 0.6) is 5.75 Å². The normalized spacial score (nSPS) is 10.3. The van der Waals surface area contributed by atoms with Gasteiger partial charge in [0.05, 0.1) is 12.1 Å². The van der Waals surface area contributed by atoms with Gasteiger partial charge < -0.3 is 15.4 Å². The summed E-state index contributed by atoms with van der Waals surface area (Å²) in [7, 11) is 1.63. The molecule has 27 heavy (non-hydrogen) atoms. The van der Waals surface area contributed by atoms with Gasteiger partial charge in [-0.1, -0.05) is 18.2 Å². The average Bonchev–Trinajstić information content (AvgIpc) is 3.11. The molecule has 0 unspecified atom stereocenters. The topological polar surface area (TPSA) is 80.3 Å². The highest BCUT2D eigenvalue weighted by Crippen LogP contribution is 2.19. The molecule has 6 nitrogen and oxygen atoms in total. The number of amides is 2. The maximum Gasteiger partial charge on any atom is 0.275 e. The Morgan fingerprint density at radius 1 is 1.07 bits per heavy atom. The molecule has 0 fully saturated rings. The van der Waals surface area contributed by atoms with Gasteiger partial charge in [-0.05, 0) is 35.9 Å². The Hall–Kier alpha value is -3.19. The van der Waals surface area contributed by atoms with Crippen molar-refractivity contribution < 1.29 is 14.3 Å². The van der Waals surface area contributed by atoms with Crippen LogP contribution in [-0.2, 0) is 11.2 Å². The minimum absolute atomic E-state index is 0.166. The number of hydrogen-bond donors (Lipinski definition) is 2. The summed E-state index contributed by atoms with van der Waals surface area (Å²) >= 11 is 1.44. The van der Waals surface area contributed by atoms with Gasteiger partial charge in [0, 0.05) is 30.1 Å². The predicted octanol–water partition coefficient (Wildman–Crippen LogP) is 3.95. The van der Waals surface area contributed by atoms with Crippen molar-refractivity contribution >= 4 is 34.5 Å². The summed E-state index contributed by atoms with van der Waals surface area (Å²) in [5.74, 6) is 0.354. The number of nitrogens with zero attached hydrogens (tertiary/aromatic N) is 1. The number of thiazole rings is 1. The molecule has 0 saturated carbocycles. The van der Waals surface area contributed by atoms with Crippen LogP contribution in [0.15, 0.2) is 53.9 Å². The van der Waals surface area contributed by atoms with E-state index in [-0.39, 0.29) is 11.8 Å². The molecule has 2 amide bonds. The molecule has 2 aromatic carbocycles. The number of carbonyl (C=O) groups is 2. The summed E-state index contributed by atoms with van der Waals surface area (Å²) in [6.45, 7) is 1.44. The molecule has 7 heteroatoms. The minimum atomic E-state index is -0.285. The first-order chi connectivity index (χ1) is 13.0. The van der Waals surface area contributed by atoms with E-state index in [1.807, 2.05) is 24.3 Å². The van der Waals surface area contributed by atoms with E-state index in [1.165, 1.54) is 18.3 Å². The number of ether oxygens (including phenoxy) is 1. The highest BCUT2D eigenvalue weighted by molar-refractivity contribution is 7.09. The van der Waals surface area contributed by atoms with Crippen molar-refractivity contribution in [1.82, 2.24) is 4.98 Å². The van der Waals surface area contributed by atoms with E-state index < -0.39 is 0 Å². The zero-order chi connectivity index (χ0) is 19.2. The van der Waals surface area contributed by atoms with Gasteiger partial charge in [0.2, 0.25) is 5.91 Å². The Labute approximate surface area is 161 Å². The summed E-state index contributed by atoms with van der Waals surface area (Å²) in [6.07, 6.45) is 0.653. The fraction of sp³-hybridized carbons (Fsp3) is 0.150. The third kappa shape index (κ3) is 5.15. The average molecular weight is 381 g/mol. The number of nitrogens with one attached hydrogen (secondary N) is 2. The molecule has 0 atom stereocenters. The van der Waals surface area contributed by atoms with Gasteiger partial charge in [-0.25, -0.2) is 4.98 Å². The first-order valence-corrected chi connectivity index (χ1v) is 9.18. The molecule has 0 bridgehead atoms. The van der Waals surface area contributed by atoms with E-state index in [1.54, 1.807) is 36.8 Å². The molecule has 1 heterocycles. The summed E-state index contributed by atoms with van der Waals surface area (Å²) in [6, 6.07) is 14.7. The molecule has 2 N–H and O–H groups in total. The number of benzene rings is 2. The van der Waals surface area contributed by atoms with Crippen molar-refractivity contribution in [3.8, 4) is 5.75 Å². The van der Waals surface area contributed by atoms with Crippen molar-refractivity contribution in [2.45, 2.75) is 13.3 Å². The van der Waals surface area contributed by atoms with Crippen LogP contribution in [-0.4, -0.2) is 23.9 Å². The van der Waals surface area contributed by atoms with Crippen LogP contribution in [0, 0.1) is 0 Å². The van der Waals surface area contributed by atoms with Crippen molar-refractivity contribution in [3.63, 3.8) is 0 Å². The second-order valence-electron chi connectivity index (χ2n) is 5.87. The van der Waals surface area contributed by atoms with E-state index >= 15 is 0 Å². The number of carbonyl (C=O) groups excluding carboxylic acids is 2. The molecular weight excluding hydrogens is 362 g/mol. The largest absolute Gasteiger partial charge is 0.497 e. The number of anilines is 2. The fourth-order valence-corrected chi connectivity index (χ4v) is 3.30. The maximum atomic E-state index is 12.4. The first-order valence-electron chi connectivity index (χ1n) is 8.30. The Morgan fingerprint density at radius 3 is 2.44 bits per heavy atom. The number of hydrogen-bond acceptors (Lipinski definition) is 5. The van der Waals surface area contributed by atoms with Crippen LogP contribution in [0.4, 0.5) is 11.4 Å². The Kier molecular flexibility index (Phi) is 5.83. The molecule has 0 spiro atoms. The minimum Gasteiger partial charge on any atom is -0.497 e. The molecule has 0 aliphatic rings. The second-order valence-corrected chi connectivity index (χ2v) is 6.81. The Morgan fingerprint density at radius 2 is 1.78 bits per heavy atom. The van der Waals surface area contributed by atoms with Crippen molar-refractivity contribution in [3.05, 3.63) is 70.2 Å². The molecule has 0 saturated heterocycles. The lowest BCUT2D eigenvalue weighted by molar-refractivity contribution is -0.114. The van der Waals surface area contributed by atoms with Crippen LogP contribution in [0.25, 0.3) is 0 Å². The summed E-state index contributed by atoms with van der Waals surface area (Å²) in [5, 5.41) is 8.09. The van der Waals surface area contributed by atoms with Gasteiger partial charge in [0.25, 0.3) is 5.91 Å². The molecule has 1 aromatic heterocycles. The van der Waals surface area contributed by atoms with E-state index in [9.17, 15) is 9.59 Å². The SMILES string of the molecule is COc1ccc(Cc2nc(C(=O)Nc3cccc(NC(C)=O)c3)cs2)cc1. The zero-order valence-electron chi connectivity index (χ0n) is 15.0. The molecule has 138 valence electrons. The van der Waals surface area contributed by atoms with Crippen LogP contribution in [0.1, 0.15) is 28.0 Å². The second kappa shape index (κ2) is 8.46. The van der Waals surface area contributed by atoms with E-state index in [4.69, 9.17) is 4.74 Å². The van der Waals surface area contributed by atoms with Gasteiger partial charge in [0.15, 0.2) is 0 Å². The molecule has 0 aliphatic heterocycles. The van der Waals surface area contributed by atoms with Crippen LogP contribution >= 0.6 is 11.3 Å². The Balaban J connectivity index is 1.65. The fourth-order valence-electron chi connectivity index (χ4n) is 2.49. The Bertz CT molecular complexity index is 951. The van der Waals surface area contributed by atoms with Crippen molar-refractivity contribution in [2.24, 2.45) is 0 Å². The lowest BCUT2D eigenvalue weighted by Crippen LogP contribution is -2.13. The molecule has 3 rings (SSSR count). The first kappa shape index (κ1) is 18.6. The van der Waals surface area contributed by atoms with Gasteiger partial charge in [0.1, 0.15) is 11.4 Å². The summed E-state index contributed by atoms with van der Waals surface area (Å²) in [4.78, 5) is 28.0. The molecular formula is C20H19N3O3S. The molecule has 0 radical (unpaired) electrons. The third-order valence-electron chi connectivity index (χ3n) is 3.74. The van der Waals surface area contributed by atoms with Crippen LogP contribution in [0.2, 0.25) is 0 Å². The lowest BCUT2D eigenvalue weighted by atomic mass is 10.1. The van der Waals surface area contributed by atoms with Gasteiger partial charge in [-0.15, -0.1) is 11.3 Å². The zero-order valence-corrected chi connectivity index (χ0v) is 15.8. The van der Waals surface area contributed by atoms with Gasteiger partial charge >= 0.3 is 0 Å². The highest BCUT2D eigenvalue weighted by Gasteiger charge is 2.12. The smallest absolute Gasteiger partial charge is 0.275 e. The summed E-state index contributed by atoms with van der Waals surface area (Å²) < 4.78 is 5.15. The van der Waals surface area contributed by atoms with E-state index in [0.29, 0.717) is 23.5 Å². The molecule has 3 aromatic rings. The molecule has 0 aliphatic carbocycles. The van der Waals surface area contributed by atoms with Crippen molar-refractivity contribution in [2.75, 3.05) is 17.7 Å². The third-order valence-corrected chi connectivity index (χ3v) is 4.59. The van der Waals surface area contributed by atoms with Crippen LogP contribution in [0.3, 0.4) is 0 Å².